The molecule has 0 bridgehead atoms. The third kappa shape index (κ3) is 6.41. The molecule has 0 aromatic heterocycles. The van der Waals surface area contributed by atoms with Crippen LogP contribution in [0.3, 0.4) is 0 Å². The largest absolute Gasteiger partial charge is 0.460 e. The number of carbonyl (C=O) groups excluding carboxylic acids is 2. The van der Waals surface area contributed by atoms with Crippen molar-refractivity contribution >= 4 is 11.8 Å². The quantitative estimate of drug-likeness (QED) is 0.766. The van der Waals surface area contributed by atoms with E-state index in [4.69, 9.17) is 10.5 Å². The summed E-state index contributed by atoms with van der Waals surface area (Å²) in [5.41, 5.74) is 4.55. The van der Waals surface area contributed by atoms with Gasteiger partial charge in [-0.2, -0.15) is 0 Å². The summed E-state index contributed by atoms with van der Waals surface area (Å²) >= 11 is 0. The molecule has 0 fully saturated rings. The number of esters is 1. The Hall–Kier alpha value is -0.900. The minimum atomic E-state index is -0.527. The summed E-state index contributed by atoms with van der Waals surface area (Å²) in [7, 11) is 0. The molecule has 0 spiro atoms. The van der Waals surface area contributed by atoms with Crippen molar-refractivity contribution in [2.24, 2.45) is 17.1 Å². The second kappa shape index (κ2) is 5.63. The van der Waals surface area contributed by atoms with E-state index < -0.39 is 16.9 Å². The highest BCUT2D eigenvalue weighted by Gasteiger charge is 2.31. The van der Waals surface area contributed by atoms with Crippen LogP contribution in [0.1, 0.15) is 48.0 Å². The van der Waals surface area contributed by atoms with Gasteiger partial charge in [0.2, 0.25) is 0 Å². The van der Waals surface area contributed by atoms with Crippen LogP contribution in [0.5, 0.6) is 0 Å². The van der Waals surface area contributed by atoms with Crippen LogP contribution in [-0.4, -0.2) is 23.9 Å². The molecule has 0 radical (unpaired) electrons. The van der Waals surface area contributed by atoms with Gasteiger partial charge in [-0.15, -0.1) is 0 Å². The molecule has 0 aromatic rings. The highest BCUT2D eigenvalue weighted by atomic mass is 16.6. The van der Waals surface area contributed by atoms with E-state index >= 15 is 0 Å². The van der Waals surface area contributed by atoms with E-state index in [0.29, 0.717) is 0 Å². The number of ether oxygens (including phenoxy) is 1. The molecule has 4 heteroatoms. The van der Waals surface area contributed by atoms with Gasteiger partial charge in [0.1, 0.15) is 11.4 Å². The number of hydrogen-bond donors (Lipinski definition) is 1. The molecule has 0 heterocycles. The minimum Gasteiger partial charge on any atom is -0.460 e. The van der Waals surface area contributed by atoms with E-state index in [0.717, 1.165) is 0 Å². The van der Waals surface area contributed by atoms with Crippen LogP contribution in [0.25, 0.3) is 0 Å². The third-order valence-electron chi connectivity index (χ3n) is 2.23. The monoisotopic (exact) mass is 243 g/mol. The van der Waals surface area contributed by atoms with Gasteiger partial charge in [-0.1, -0.05) is 20.8 Å². The van der Waals surface area contributed by atoms with Gasteiger partial charge in [-0.05, 0) is 20.8 Å². The third-order valence-corrected chi connectivity index (χ3v) is 2.23. The fourth-order valence-electron chi connectivity index (χ4n) is 1.48. The maximum Gasteiger partial charge on any atom is 0.307 e. The molecule has 0 aliphatic carbocycles. The normalized spacial score (nSPS) is 14.3. The molecule has 2 N–H and O–H groups in total. The van der Waals surface area contributed by atoms with Crippen LogP contribution in [-0.2, 0) is 14.3 Å². The average molecular weight is 243 g/mol. The van der Waals surface area contributed by atoms with Gasteiger partial charge in [0.15, 0.2) is 0 Å². The molecule has 100 valence electrons. The van der Waals surface area contributed by atoms with Gasteiger partial charge in [0.25, 0.3) is 0 Å². The number of carbonyl (C=O) groups is 2. The van der Waals surface area contributed by atoms with Crippen molar-refractivity contribution in [2.45, 2.75) is 53.6 Å². The predicted octanol–water partition coefficient (Wildman–Crippen LogP) is 1.91. The molecule has 0 aliphatic rings. The standard InChI is InChI=1S/C13H25NO3/c1-12(2,3)11(16)9(8-14)7-10(15)17-13(4,5)6/h9H,7-8,14H2,1-6H3/t9-/m0/s1. The predicted molar refractivity (Wildman–Crippen MR) is 67.5 cm³/mol. The lowest BCUT2D eigenvalue weighted by Gasteiger charge is -2.25. The first-order chi connectivity index (χ1) is 7.47. The van der Waals surface area contributed by atoms with Gasteiger partial charge in [0.05, 0.1) is 6.42 Å². The molecule has 0 rings (SSSR count). The Morgan fingerprint density at radius 3 is 1.88 bits per heavy atom. The fraction of sp³-hybridized carbons (Fsp3) is 0.846. The number of Topliss-reactive ketones (excluding diaryl/α,β-unsaturated/α-hetero) is 1. The topological polar surface area (TPSA) is 69.4 Å². The van der Waals surface area contributed by atoms with E-state index in [9.17, 15) is 9.59 Å². The molecule has 0 saturated carbocycles. The van der Waals surface area contributed by atoms with E-state index in [2.05, 4.69) is 0 Å². The number of rotatable bonds is 4. The molecule has 0 aromatic carbocycles. The highest BCUT2D eigenvalue weighted by Crippen LogP contribution is 2.22. The van der Waals surface area contributed by atoms with E-state index in [1.165, 1.54) is 0 Å². The molecule has 17 heavy (non-hydrogen) atoms. The first-order valence-corrected chi connectivity index (χ1v) is 5.93. The van der Waals surface area contributed by atoms with Gasteiger partial charge < -0.3 is 10.5 Å². The zero-order valence-corrected chi connectivity index (χ0v) is 11.8. The average Bonchev–Trinajstić information content (AvgIpc) is 2.08. The second-order valence-corrected chi connectivity index (χ2v) is 6.34. The maximum absolute atomic E-state index is 12.0. The maximum atomic E-state index is 12.0. The number of hydrogen-bond acceptors (Lipinski definition) is 4. The van der Waals surface area contributed by atoms with Crippen LogP contribution >= 0.6 is 0 Å². The Morgan fingerprint density at radius 2 is 1.59 bits per heavy atom. The molecule has 1 atom stereocenters. The van der Waals surface area contributed by atoms with Crippen LogP contribution < -0.4 is 5.73 Å². The lowest BCUT2D eigenvalue weighted by atomic mass is 9.81. The van der Waals surface area contributed by atoms with E-state index in [-0.39, 0.29) is 24.7 Å². The molecule has 0 aliphatic heterocycles. The smallest absolute Gasteiger partial charge is 0.307 e. The zero-order valence-electron chi connectivity index (χ0n) is 11.8. The second-order valence-electron chi connectivity index (χ2n) is 6.34. The zero-order chi connectivity index (χ0) is 13.9. The van der Waals surface area contributed by atoms with Crippen LogP contribution in [0.2, 0.25) is 0 Å². The summed E-state index contributed by atoms with van der Waals surface area (Å²) in [4.78, 5) is 23.6. The van der Waals surface area contributed by atoms with Crippen molar-refractivity contribution in [3.63, 3.8) is 0 Å². The molecule has 4 nitrogen and oxygen atoms in total. The van der Waals surface area contributed by atoms with Gasteiger partial charge in [-0.3, -0.25) is 9.59 Å². The Kier molecular flexibility index (Phi) is 5.33. The van der Waals surface area contributed by atoms with Crippen LogP contribution in [0, 0.1) is 11.3 Å². The molecule has 0 saturated heterocycles. The summed E-state index contributed by atoms with van der Waals surface area (Å²) in [6.07, 6.45) is 0.0594. The summed E-state index contributed by atoms with van der Waals surface area (Å²) in [6, 6.07) is 0. The Balaban J connectivity index is 4.53. The first kappa shape index (κ1) is 16.1. The lowest BCUT2D eigenvalue weighted by molar-refractivity contribution is -0.157. The van der Waals surface area contributed by atoms with Crippen molar-refractivity contribution in [2.75, 3.05) is 6.54 Å². The van der Waals surface area contributed by atoms with Crippen molar-refractivity contribution in [3.8, 4) is 0 Å². The Bertz CT molecular complexity index is 284. The number of ketones is 1. The van der Waals surface area contributed by atoms with Crippen molar-refractivity contribution in [3.05, 3.63) is 0 Å². The Labute approximate surface area is 104 Å². The summed E-state index contributed by atoms with van der Waals surface area (Å²) < 4.78 is 5.19. The van der Waals surface area contributed by atoms with Gasteiger partial charge in [-0.25, -0.2) is 0 Å². The lowest BCUT2D eigenvalue weighted by Crippen LogP contribution is -2.36. The molecular formula is C13H25NO3. The van der Waals surface area contributed by atoms with Gasteiger partial charge >= 0.3 is 5.97 Å². The van der Waals surface area contributed by atoms with Crippen molar-refractivity contribution in [1.82, 2.24) is 0 Å². The fourth-order valence-corrected chi connectivity index (χ4v) is 1.48. The van der Waals surface area contributed by atoms with Crippen LogP contribution in [0.15, 0.2) is 0 Å². The SMILES string of the molecule is CC(C)(C)OC(=O)C[C@@H](CN)C(=O)C(C)(C)C. The van der Waals surface area contributed by atoms with Gasteiger partial charge in [0, 0.05) is 17.9 Å². The number of nitrogens with two attached hydrogens (primary N) is 1. The minimum absolute atomic E-state index is 0.00543. The molecule has 0 amide bonds. The van der Waals surface area contributed by atoms with E-state index in [1.807, 2.05) is 20.8 Å². The summed E-state index contributed by atoms with van der Waals surface area (Å²) in [5.74, 6) is -0.818. The summed E-state index contributed by atoms with van der Waals surface area (Å²) in [6.45, 7) is 11.1. The summed E-state index contributed by atoms with van der Waals surface area (Å²) in [5, 5.41) is 0. The van der Waals surface area contributed by atoms with Crippen molar-refractivity contribution in [1.29, 1.82) is 0 Å². The van der Waals surface area contributed by atoms with Crippen LogP contribution in [0.4, 0.5) is 0 Å². The van der Waals surface area contributed by atoms with Crippen molar-refractivity contribution < 1.29 is 14.3 Å². The first-order valence-electron chi connectivity index (χ1n) is 5.93. The van der Waals surface area contributed by atoms with E-state index in [1.54, 1.807) is 20.8 Å². The molecule has 0 unspecified atom stereocenters. The highest BCUT2D eigenvalue weighted by molar-refractivity contribution is 5.89. The Morgan fingerprint density at radius 1 is 1.12 bits per heavy atom. The molecular weight excluding hydrogens is 218 g/mol.